The smallest absolute Gasteiger partial charge is 0.113 e. The van der Waals surface area contributed by atoms with Crippen molar-refractivity contribution in [2.24, 2.45) is 0 Å². The lowest BCUT2D eigenvalue weighted by Crippen LogP contribution is -2.52. The second-order valence-electron chi connectivity index (χ2n) is 5.77. The van der Waals surface area contributed by atoms with Gasteiger partial charge < -0.3 is 4.48 Å². The number of hydrogen-bond donors (Lipinski definition) is 0. The highest BCUT2D eigenvalue weighted by molar-refractivity contribution is 6.33. The average Bonchev–Trinajstić information content (AvgIpc) is 2.47. The van der Waals surface area contributed by atoms with Crippen LogP contribution in [0.15, 0.2) is 0 Å². The maximum Gasteiger partial charge on any atom is 0.113 e. The van der Waals surface area contributed by atoms with E-state index in [4.69, 9.17) is 0 Å². The molecule has 2 heteroatoms. The van der Waals surface area contributed by atoms with E-state index in [9.17, 15) is 0 Å². The van der Waals surface area contributed by atoms with Gasteiger partial charge in [-0.15, -0.1) is 0 Å². The van der Waals surface area contributed by atoms with Crippen LogP contribution in [0.4, 0.5) is 0 Å². The normalized spacial score (nSPS) is 31.1. The quantitative estimate of drug-likeness (QED) is 0.475. The number of quaternary nitrogens is 1. The van der Waals surface area contributed by atoms with Crippen molar-refractivity contribution in [3.63, 3.8) is 0 Å². The molecule has 1 aliphatic rings. The lowest BCUT2D eigenvalue weighted by atomic mass is 9.77. The van der Waals surface area contributed by atoms with Crippen LogP contribution in [0.5, 0.6) is 0 Å². The molecule has 0 spiro atoms. The summed E-state index contributed by atoms with van der Waals surface area (Å²) in [6.07, 6.45) is 11.4. The maximum atomic E-state index is 2.51. The molecule has 0 saturated carbocycles. The van der Waals surface area contributed by atoms with Crippen LogP contribution in [0.1, 0.15) is 51.9 Å². The second kappa shape index (κ2) is 7.37. The van der Waals surface area contributed by atoms with Crippen LogP contribution in [0.3, 0.4) is 0 Å². The molecule has 1 aliphatic heterocycles. The summed E-state index contributed by atoms with van der Waals surface area (Å²) in [5.74, 6) is 0. The van der Waals surface area contributed by atoms with Crippen LogP contribution in [0.25, 0.3) is 0 Å². The molecular weight excluding hydrogens is 193 g/mol. The summed E-state index contributed by atoms with van der Waals surface area (Å²) in [7, 11) is 4.85. The molecule has 1 rings (SSSR count). The Labute approximate surface area is 103 Å². The third kappa shape index (κ3) is 4.12. The van der Waals surface area contributed by atoms with Gasteiger partial charge in [0, 0.05) is 0 Å². The van der Waals surface area contributed by atoms with E-state index in [-0.39, 0.29) is 0 Å². The molecule has 2 atom stereocenters. The Morgan fingerprint density at radius 3 is 2.75 bits per heavy atom. The molecule has 16 heavy (non-hydrogen) atoms. The fourth-order valence-electron chi connectivity index (χ4n) is 3.14. The van der Waals surface area contributed by atoms with E-state index in [2.05, 4.69) is 28.1 Å². The van der Waals surface area contributed by atoms with Gasteiger partial charge >= 0.3 is 0 Å². The highest BCUT2D eigenvalue weighted by atomic mass is 15.4. The van der Waals surface area contributed by atoms with Gasteiger partial charge in [-0.05, 0) is 44.8 Å². The largest absolute Gasteiger partial charge is 0.324 e. The highest BCUT2D eigenvalue weighted by Crippen LogP contribution is 2.27. The minimum Gasteiger partial charge on any atom is -0.324 e. The van der Waals surface area contributed by atoms with Crippen LogP contribution in [0.2, 0.25) is 13.1 Å². The van der Waals surface area contributed by atoms with E-state index < -0.39 is 0 Å². The SMILES string of the molecule is C[B]CC[N+]1(C)CCCCCC1CCCC. The predicted octanol–water partition coefficient (Wildman–Crippen LogP) is 3.74. The first-order valence-electron chi connectivity index (χ1n) is 7.35. The zero-order chi connectivity index (χ0) is 11.9. The molecule has 0 aromatic carbocycles. The van der Waals surface area contributed by atoms with Crippen LogP contribution in [-0.2, 0) is 0 Å². The first kappa shape index (κ1) is 14.1. The van der Waals surface area contributed by atoms with Crippen molar-refractivity contribution in [2.75, 3.05) is 20.1 Å². The molecular formula is C14H30BN+. The summed E-state index contributed by atoms with van der Waals surface area (Å²) in [6.45, 7) is 7.30. The van der Waals surface area contributed by atoms with Gasteiger partial charge in [-0.3, -0.25) is 0 Å². The van der Waals surface area contributed by atoms with Crippen LogP contribution in [0, 0.1) is 0 Å². The molecule has 1 fully saturated rings. The van der Waals surface area contributed by atoms with Crippen molar-refractivity contribution in [1.82, 2.24) is 0 Å². The standard InChI is InChI=1S/C14H30BN/c1-4-5-9-14-10-7-6-8-12-16(14,3)13-11-15-2/h14H,4-13H2,1-3H3/q+1. The monoisotopic (exact) mass is 223 g/mol. The molecule has 0 bridgehead atoms. The van der Waals surface area contributed by atoms with Crippen LogP contribution >= 0.6 is 0 Å². The molecule has 2 unspecified atom stereocenters. The highest BCUT2D eigenvalue weighted by Gasteiger charge is 2.32. The minimum atomic E-state index is 0.947. The van der Waals surface area contributed by atoms with Crippen molar-refractivity contribution in [3.05, 3.63) is 0 Å². The van der Waals surface area contributed by atoms with Gasteiger partial charge in [0.2, 0.25) is 0 Å². The van der Waals surface area contributed by atoms with E-state index in [1.165, 1.54) is 68.8 Å². The first-order chi connectivity index (χ1) is 7.73. The second-order valence-corrected chi connectivity index (χ2v) is 5.77. The summed E-state index contributed by atoms with van der Waals surface area (Å²) in [4.78, 5) is 0. The molecule has 0 aliphatic carbocycles. The van der Waals surface area contributed by atoms with Crippen molar-refractivity contribution < 1.29 is 4.48 Å². The van der Waals surface area contributed by atoms with Crippen molar-refractivity contribution in [2.45, 2.75) is 71.1 Å². The zero-order valence-electron chi connectivity index (χ0n) is 11.7. The number of likely N-dealkylation sites (tertiary alicyclic amines) is 1. The molecule has 0 N–H and O–H groups in total. The molecule has 0 aromatic rings. The van der Waals surface area contributed by atoms with Crippen LogP contribution < -0.4 is 0 Å². The van der Waals surface area contributed by atoms with Crippen LogP contribution in [-0.4, -0.2) is 37.9 Å². The topological polar surface area (TPSA) is 0 Å². The van der Waals surface area contributed by atoms with Crippen molar-refractivity contribution in [1.29, 1.82) is 0 Å². The summed E-state index contributed by atoms with van der Waals surface area (Å²) in [5.41, 5.74) is 0. The van der Waals surface area contributed by atoms with E-state index in [0.29, 0.717) is 0 Å². The zero-order valence-corrected chi connectivity index (χ0v) is 11.7. The van der Waals surface area contributed by atoms with Crippen molar-refractivity contribution in [3.8, 4) is 0 Å². The molecule has 1 heterocycles. The molecule has 0 amide bonds. The predicted molar refractivity (Wildman–Crippen MR) is 74.1 cm³/mol. The summed E-state index contributed by atoms with van der Waals surface area (Å²) < 4.78 is 1.35. The Balaban J connectivity index is 2.56. The fourth-order valence-corrected chi connectivity index (χ4v) is 3.14. The summed E-state index contributed by atoms with van der Waals surface area (Å²) in [5, 5.41) is 0. The number of rotatable bonds is 6. The van der Waals surface area contributed by atoms with E-state index in [1.54, 1.807) is 0 Å². The molecule has 0 aromatic heterocycles. The Hall–Kier alpha value is 0.0249. The number of nitrogens with zero attached hydrogens (tertiary/aromatic N) is 1. The fraction of sp³-hybridized carbons (Fsp3) is 1.00. The third-order valence-corrected chi connectivity index (χ3v) is 4.41. The molecule has 1 nitrogen and oxygen atoms in total. The third-order valence-electron chi connectivity index (χ3n) is 4.41. The van der Waals surface area contributed by atoms with Gasteiger partial charge in [0.1, 0.15) is 7.28 Å². The lowest BCUT2D eigenvalue weighted by Gasteiger charge is -2.41. The van der Waals surface area contributed by atoms with E-state index in [1.807, 2.05) is 0 Å². The van der Waals surface area contributed by atoms with Crippen molar-refractivity contribution >= 4 is 7.28 Å². The lowest BCUT2D eigenvalue weighted by molar-refractivity contribution is -0.931. The minimum absolute atomic E-state index is 0.947. The Morgan fingerprint density at radius 1 is 1.25 bits per heavy atom. The Morgan fingerprint density at radius 2 is 2.06 bits per heavy atom. The Bertz CT molecular complexity index is 184. The molecule has 93 valence electrons. The van der Waals surface area contributed by atoms with Gasteiger partial charge in [0.25, 0.3) is 0 Å². The van der Waals surface area contributed by atoms with Gasteiger partial charge in [-0.1, -0.05) is 20.2 Å². The Kier molecular flexibility index (Phi) is 6.49. The summed E-state index contributed by atoms with van der Waals surface area (Å²) >= 11 is 0. The average molecular weight is 223 g/mol. The van der Waals surface area contributed by atoms with E-state index in [0.717, 1.165) is 6.04 Å². The molecule has 1 radical (unpaired) electrons. The van der Waals surface area contributed by atoms with Gasteiger partial charge in [-0.25, -0.2) is 0 Å². The molecule has 1 saturated heterocycles. The number of hydrogen-bond acceptors (Lipinski definition) is 0. The summed E-state index contributed by atoms with van der Waals surface area (Å²) in [6, 6.07) is 0.947. The number of unbranched alkanes of at least 4 members (excludes halogenated alkanes) is 1. The van der Waals surface area contributed by atoms with Gasteiger partial charge in [-0.2, -0.15) is 0 Å². The van der Waals surface area contributed by atoms with Gasteiger partial charge in [0.15, 0.2) is 0 Å². The first-order valence-corrected chi connectivity index (χ1v) is 7.35. The van der Waals surface area contributed by atoms with Gasteiger partial charge in [0.05, 0.1) is 26.2 Å². The maximum absolute atomic E-state index is 2.51. The van der Waals surface area contributed by atoms with E-state index >= 15 is 0 Å².